The van der Waals surface area contributed by atoms with E-state index >= 15 is 0 Å². The predicted octanol–water partition coefficient (Wildman–Crippen LogP) is 3.22. The van der Waals surface area contributed by atoms with Gasteiger partial charge in [-0.2, -0.15) is 0 Å². The van der Waals surface area contributed by atoms with Crippen LogP contribution in [-0.4, -0.2) is 40.9 Å². The molecule has 0 saturated carbocycles. The summed E-state index contributed by atoms with van der Waals surface area (Å²) in [5.74, 6) is 1.04. The van der Waals surface area contributed by atoms with E-state index in [1.54, 1.807) is 26.1 Å². The van der Waals surface area contributed by atoms with Crippen molar-refractivity contribution < 1.29 is 9.21 Å². The van der Waals surface area contributed by atoms with Gasteiger partial charge in [0.15, 0.2) is 0 Å². The van der Waals surface area contributed by atoms with E-state index in [0.29, 0.717) is 22.2 Å². The maximum atomic E-state index is 12.9. The minimum Gasteiger partial charge on any atom is -0.427 e. The number of nitrogens with one attached hydrogen (secondary N) is 2. The molecule has 29 heavy (non-hydrogen) atoms. The quantitative estimate of drug-likeness (QED) is 0.684. The Hall–Kier alpha value is -2.64. The summed E-state index contributed by atoms with van der Waals surface area (Å²) in [6, 6.07) is 7.19. The van der Waals surface area contributed by atoms with Crippen LogP contribution < -0.4 is 10.9 Å². The molecule has 7 nitrogen and oxygen atoms in total. The molecule has 0 bridgehead atoms. The summed E-state index contributed by atoms with van der Waals surface area (Å²) < 4.78 is 5.53. The van der Waals surface area contributed by atoms with Crippen molar-refractivity contribution >= 4 is 28.5 Å². The van der Waals surface area contributed by atoms with Crippen molar-refractivity contribution in [2.45, 2.75) is 32.2 Å². The lowest BCUT2D eigenvalue weighted by atomic mass is 9.95. The van der Waals surface area contributed by atoms with Crippen LogP contribution in [0.15, 0.2) is 33.5 Å². The summed E-state index contributed by atoms with van der Waals surface area (Å²) in [6.45, 7) is 3.78. The first kappa shape index (κ1) is 19.7. The van der Waals surface area contributed by atoms with Gasteiger partial charge >= 0.3 is 5.63 Å². The second-order valence-corrected chi connectivity index (χ2v) is 7.98. The van der Waals surface area contributed by atoms with Gasteiger partial charge in [0.05, 0.1) is 17.6 Å². The zero-order chi connectivity index (χ0) is 20.5. The van der Waals surface area contributed by atoms with Crippen molar-refractivity contribution in [3.05, 3.63) is 62.4 Å². The fourth-order valence-corrected chi connectivity index (χ4v) is 3.95. The number of imidazole rings is 1. The molecule has 3 heterocycles. The average Bonchev–Trinajstić information content (AvgIpc) is 3.09. The van der Waals surface area contributed by atoms with E-state index in [1.807, 2.05) is 12.1 Å². The molecule has 0 spiro atoms. The number of nitrogens with zero attached hydrogens (tertiary/aromatic N) is 2. The van der Waals surface area contributed by atoms with Crippen LogP contribution in [0.25, 0.3) is 11.0 Å². The number of aromatic amines is 1. The van der Waals surface area contributed by atoms with Gasteiger partial charge in [0.2, 0.25) is 0 Å². The lowest BCUT2D eigenvalue weighted by molar-refractivity contribution is 0.0776. The average molecular weight is 415 g/mol. The number of hydrogen-bond acceptors (Lipinski definition) is 5. The van der Waals surface area contributed by atoms with Crippen molar-refractivity contribution in [1.29, 1.82) is 0 Å². The zero-order valence-corrected chi connectivity index (χ0v) is 17.2. The zero-order valence-electron chi connectivity index (χ0n) is 16.4. The van der Waals surface area contributed by atoms with E-state index < -0.39 is 5.63 Å². The number of benzene rings is 1. The fourth-order valence-electron chi connectivity index (χ4n) is 3.78. The van der Waals surface area contributed by atoms with Crippen molar-refractivity contribution in [3.63, 3.8) is 0 Å². The van der Waals surface area contributed by atoms with Gasteiger partial charge < -0.3 is 19.6 Å². The number of aryl methyl sites for hydroxylation is 1. The number of carbonyl (C=O) groups is 1. The molecule has 1 amide bonds. The monoisotopic (exact) mass is 414 g/mol. The molecule has 0 aliphatic carbocycles. The normalized spacial score (nSPS) is 16.9. The van der Waals surface area contributed by atoms with E-state index in [1.165, 1.54) is 4.90 Å². The van der Waals surface area contributed by atoms with Gasteiger partial charge in [-0.3, -0.25) is 4.79 Å². The van der Waals surface area contributed by atoms with E-state index in [9.17, 15) is 9.59 Å². The Balaban J connectivity index is 1.55. The second kappa shape index (κ2) is 8.00. The third-order valence-electron chi connectivity index (χ3n) is 5.31. The van der Waals surface area contributed by atoms with Gasteiger partial charge in [-0.25, -0.2) is 9.78 Å². The van der Waals surface area contributed by atoms with Crippen LogP contribution in [0, 0.1) is 6.92 Å². The summed E-state index contributed by atoms with van der Waals surface area (Å²) in [6.07, 6.45) is 2.01. The number of carbonyl (C=O) groups excluding carboxylic acids is 1. The van der Waals surface area contributed by atoms with Crippen molar-refractivity contribution in [2.24, 2.45) is 0 Å². The second-order valence-electron chi connectivity index (χ2n) is 7.54. The molecular weight excluding hydrogens is 392 g/mol. The summed E-state index contributed by atoms with van der Waals surface area (Å²) in [5, 5.41) is 3.92. The fraction of sp³-hybridized carbons (Fsp3) is 0.381. The lowest BCUT2D eigenvalue weighted by Gasteiger charge is -2.22. The number of piperidine rings is 1. The minimum atomic E-state index is -0.584. The van der Waals surface area contributed by atoms with Crippen LogP contribution in [0.5, 0.6) is 0 Å². The first-order valence-corrected chi connectivity index (χ1v) is 10.0. The van der Waals surface area contributed by atoms with Crippen LogP contribution in [0.4, 0.5) is 0 Å². The van der Waals surface area contributed by atoms with Gasteiger partial charge in [0, 0.05) is 24.5 Å². The Labute approximate surface area is 173 Å². The molecule has 1 saturated heterocycles. The van der Waals surface area contributed by atoms with Crippen LogP contribution in [0.2, 0.25) is 5.02 Å². The minimum absolute atomic E-state index is 0.0687. The van der Waals surface area contributed by atoms with Crippen molar-refractivity contribution in [1.82, 2.24) is 20.2 Å². The highest BCUT2D eigenvalue weighted by molar-refractivity contribution is 6.31. The van der Waals surface area contributed by atoms with E-state index in [-0.39, 0.29) is 23.9 Å². The maximum Gasteiger partial charge on any atom is 0.349 e. The number of amides is 1. The highest BCUT2D eigenvalue weighted by atomic mass is 35.5. The van der Waals surface area contributed by atoms with Crippen molar-refractivity contribution in [2.75, 3.05) is 20.1 Å². The van der Waals surface area contributed by atoms with Crippen LogP contribution in [0.3, 0.4) is 0 Å². The topological polar surface area (TPSA) is 91.2 Å². The highest BCUT2D eigenvalue weighted by Gasteiger charge is 2.24. The molecule has 1 aromatic carbocycles. The molecule has 8 heteroatoms. The third-order valence-corrected chi connectivity index (χ3v) is 5.54. The molecule has 1 atom stereocenters. The molecule has 1 aliphatic rings. The molecule has 2 aromatic heterocycles. The Morgan fingerprint density at radius 2 is 2.21 bits per heavy atom. The predicted molar refractivity (Wildman–Crippen MR) is 111 cm³/mol. The lowest BCUT2D eigenvalue weighted by Crippen LogP contribution is -2.33. The Kier molecular flexibility index (Phi) is 5.43. The van der Waals surface area contributed by atoms with Crippen molar-refractivity contribution in [3.8, 4) is 0 Å². The van der Waals surface area contributed by atoms with Gasteiger partial charge in [-0.15, -0.1) is 0 Å². The van der Waals surface area contributed by atoms with Gasteiger partial charge in [-0.1, -0.05) is 11.6 Å². The van der Waals surface area contributed by atoms with E-state index in [0.717, 1.165) is 37.0 Å². The molecule has 152 valence electrons. The summed E-state index contributed by atoms with van der Waals surface area (Å²) in [7, 11) is 1.64. The SMILES string of the molecule is Cc1cc(C2CCCNC2)oc(=O)c1C(=O)N(C)Cc1nc2ccc(Cl)cc2[nH]1. The van der Waals surface area contributed by atoms with Gasteiger partial charge in [0.25, 0.3) is 5.91 Å². The summed E-state index contributed by atoms with van der Waals surface area (Å²) in [4.78, 5) is 34.6. The first-order valence-electron chi connectivity index (χ1n) is 9.67. The molecule has 1 fully saturated rings. The van der Waals surface area contributed by atoms with Gasteiger partial charge in [0.1, 0.15) is 17.1 Å². The number of rotatable bonds is 4. The number of aromatic nitrogens is 2. The molecular formula is C21H23ClN4O3. The smallest absolute Gasteiger partial charge is 0.349 e. The molecule has 4 rings (SSSR count). The summed E-state index contributed by atoms with van der Waals surface area (Å²) in [5.41, 5.74) is 1.69. The van der Waals surface area contributed by atoms with Crippen LogP contribution in [-0.2, 0) is 6.54 Å². The Morgan fingerprint density at radius 3 is 2.93 bits per heavy atom. The highest BCUT2D eigenvalue weighted by Crippen LogP contribution is 2.24. The van der Waals surface area contributed by atoms with Crippen LogP contribution >= 0.6 is 11.6 Å². The third kappa shape index (κ3) is 4.06. The van der Waals surface area contributed by atoms with E-state index in [4.69, 9.17) is 16.0 Å². The number of fused-ring (bicyclic) bond motifs is 1. The molecule has 3 aromatic rings. The number of hydrogen-bond donors (Lipinski definition) is 2. The number of halogens is 1. The first-order chi connectivity index (χ1) is 13.9. The molecule has 1 aliphatic heterocycles. The van der Waals surface area contributed by atoms with Crippen LogP contribution in [0.1, 0.15) is 46.3 Å². The molecule has 2 N–H and O–H groups in total. The van der Waals surface area contributed by atoms with Gasteiger partial charge in [-0.05, 0) is 56.1 Å². The summed E-state index contributed by atoms with van der Waals surface area (Å²) >= 11 is 6.01. The molecule has 0 radical (unpaired) electrons. The Morgan fingerprint density at radius 1 is 1.38 bits per heavy atom. The van der Waals surface area contributed by atoms with E-state index in [2.05, 4.69) is 15.3 Å². The standard InChI is InChI=1S/C21H23ClN4O3/c1-12-8-17(13-4-3-7-23-10-13)29-21(28)19(12)20(27)26(2)11-18-24-15-6-5-14(22)9-16(15)25-18/h5-6,8-9,13,23H,3-4,7,10-11H2,1-2H3,(H,24,25). The largest absolute Gasteiger partial charge is 0.427 e. The molecule has 1 unspecified atom stereocenters. The Bertz CT molecular complexity index is 1110. The maximum absolute atomic E-state index is 12.9. The number of H-pyrrole nitrogens is 1.